The van der Waals surface area contributed by atoms with Crippen molar-refractivity contribution in [3.8, 4) is 23.3 Å². The molecule has 0 unspecified atom stereocenters. The van der Waals surface area contributed by atoms with E-state index in [1.54, 1.807) is 0 Å². The second-order valence-electron chi connectivity index (χ2n) is 8.49. The Bertz CT molecular complexity index is 1530. The van der Waals surface area contributed by atoms with Crippen LogP contribution in [0.5, 0.6) is 0 Å². The molecule has 5 rings (SSSR count). The standard InChI is InChI=1S/C28H23N5OS/c29-16-21-26(18-8-2-1-3-9-18)22(17-30)28(32-27(21)31)35-15-14-25(34)33-23-12-6-4-10-19(23)20-11-5-7-13-24(20)33/h1-4,6,8-10,12H,5,7,11,13-15H2,(H2,31,32). The van der Waals surface area contributed by atoms with Crippen LogP contribution >= 0.6 is 11.8 Å². The number of para-hydroxylation sites is 1. The van der Waals surface area contributed by atoms with Gasteiger partial charge in [-0.1, -0.05) is 48.5 Å². The number of fused-ring (bicyclic) bond motifs is 3. The molecular formula is C28H23N5OS. The second kappa shape index (κ2) is 9.66. The van der Waals surface area contributed by atoms with Crippen LogP contribution in [0, 0.1) is 22.7 Å². The van der Waals surface area contributed by atoms with Gasteiger partial charge in [-0.05, 0) is 42.9 Å². The van der Waals surface area contributed by atoms with Crippen molar-refractivity contribution in [2.24, 2.45) is 0 Å². The lowest BCUT2D eigenvalue weighted by atomic mass is 9.95. The van der Waals surface area contributed by atoms with Crippen LogP contribution in [0.15, 0.2) is 59.6 Å². The molecule has 1 aliphatic rings. The minimum atomic E-state index is 0.0419. The fraction of sp³-hybridized carbons (Fsp3) is 0.214. The van der Waals surface area contributed by atoms with E-state index >= 15 is 0 Å². The number of nitrogens with zero attached hydrogens (tertiary/aromatic N) is 4. The highest BCUT2D eigenvalue weighted by atomic mass is 32.2. The molecule has 0 saturated carbocycles. The van der Waals surface area contributed by atoms with Gasteiger partial charge in [0.25, 0.3) is 0 Å². The Labute approximate surface area is 208 Å². The maximum Gasteiger partial charge on any atom is 0.232 e. The van der Waals surface area contributed by atoms with Crippen molar-refractivity contribution in [1.29, 1.82) is 10.5 Å². The molecule has 4 aromatic rings. The number of aromatic nitrogens is 2. The molecule has 0 fully saturated rings. The molecule has 0 spiro atoms. The summed E-state index contributed by atoms with van der Waals surface area (Å²) in [7, 11) is 0. The van der Waals surface area contributed by atoms with Crippen molar-refractivity contribution in [3.05, 3.63) is 77.0 Å². The van der Waals surface area contributed by atoms with E-state index in [-0.39, 0.29) is 17.3 Å². The predicted octanol–water partition coefficient (Wildman–Crippen LogP) is 5.73. The second-order valence-corrected chi connectivity index (χ2v) is 9.58. The van der Waals surface area contributed by atoms with Gasteiger partial charge in [-0.2, -0.15) is 10.5 Å². The van der Waals surface area contributed by atoms with Gasteiger partial charge in [0.2, 0.25) is 5.91 Å². The number of rotatable bonds is 5. The molecule has 35 heavy (non-hydrogen) atoms. The summed E-state index contributed by atoms with van der Waals surface area (Å²) in [5.41, 5.74) is 11.2. The van der Waals surface area contributed by atoms with Gasteiger partial charge in [-0.15, -0.1) is 11.8 Å². The summed E-state index contributed by atoms with van der Waals surface area (Å²) in [5, 5.41) is 21.2. The van der Waals surface area contributed by atoms with E-state index in [2.05, 4.69) is 23.2 Å². The fourth-order valence-electron chi connectivity index (χ4n) is 4.92. The van der Waals surface area contributed by atoms with Gasteiger partial charge in [0.1, 0.15) is 28.5 Å². The normalized spacial score (nSPS) is 12.6. The average Bonchev–Trinajstić information content (AvgIpc) is 3.23. The molecule has 0 amide bonds. The summed E-state index contributed by atoms with van der Waals surface area (Å²) in [4.78, 5) is 17.7. The molecule has 6 nitrogen and oxygen atoms in total. The van der Waals surface area contributed by atoms with E-state index < -0.39 is 0 Å². The highest BCUT2D eigenvalue weighted by Crippen LogP contribution is 2.36. The van der Waals surface area contributed by atoms with Gasteiger partial charge in [0.15, 0.2) is 0 Å². The maximum absolute atomic E-state index is 13.4. The van der Waals surface area contributed by atoms with Crippen LogP contribution in [0.4, 0.5) is 5.82 Å². The fourth-order valence-corrected chi connectivity index (χ4v) is 5.85. The highest BCUT2D eigenvalue weighted by molar-refractivity contribution is 7.99. The first-order valence-corrected chi connectivity index (χ1v) is 12.6. The van der Waals surface area contributed by atoms with Crippen LogP contribution < -0.4 is 5.73 Å². The van der Waals surface area contributed by atoms with Crippen molar-refractivity contribution in [2.75, 3.05) is 11.5 Å². The lowest BCUT2D eigenvalue weighted by Gasteiger charge is -2.15. The van der Waals surface area contributed by atoms with E-state index in [1.165, 1.54) is 22.7 Å². The largest absolute Gasteiger partial charge is 0.383 e. The maximum atomic E-state index is 13.4. The molecule has 2 N–H and O–H groups in total. The quantitative estimate of drug-likeness (QED) is 0.368. The Morgan fingerprint density at radius 2 is 1.71 bits per heavy atom. The summed E-state index contributed by atoms with van der Waals surface area (Å²) in [6.07, 6.45) is 4.46. The third-order valence-electron chi connectivity index (χ3n) is 6.46. The smallest absolute Gasteiger partial charge is 0.232 e. The van der Waals surface area contributed by atoms with Gasteiger partial charge in [-0.3, -0.25) is 9.36 Å². The molecule has 0 bridgehead atoms. The first kappa shape index (κ1) is 22.7. The molecule has 1 aliphatic carbocycles. The zero-order valence-electron chi connectivity index (χ0n) is 19.1. The first-order valence-electron chi connectivity index (χ1n) is 11.6. The SMILES string of the molecule is N#Cc1c(N)nc(SCCC(=O)n2c3c(c4ccccc42)CCCC3)c(C#N)c1-c1ccccc1. The number of nitrogen functional groups attached to an aromatic ring is 1. The Kier molecular flexibility index (Phi) is 6.27. The average molecular weight is 478 g/mol. The van der Waals surface area contributed by atoms with E-state index in [0.29, 0.717) is 28.3 Å². The highest BCUT2D eigenvalue weighted by Gasteiger charge is 2.24. The molecule has 0 aliphatic heterocycles. The molecule has 2 aromatic heterocycles. The summed E-state index contributed by atoms with van der Waals surface area (Å²) < 4.78 is 1.89. The van der Waals surface area contributed by atoms with Crippen molar-refractivity contribution < 1.29 is 4.79 Å². The molecule has 2 aromatic carbocycles. The Balaban J connectivity index is 1.44. The molecular weight excluding hydrogens is 454 g/mol. The zero-order valence-corrected chi connectivity index (χ0v) is 19.9. The Morgan fingerprint density at radius 3 is 2.49 bits per heavy atom. The van der Waals surface area contributed by atoms with Crippen LogP contribution in [-0.2, 0) is 12.8 Å². The number of anilines is 1. The first-order chi connectivity index (χ1) is 17.1. The van der Waals surface area contributed by atoms with Crippen LogP contribution in [-0.4, -0.2) is 21.2 Å². The number of hydrogen-bond donors (Lipinski definition) is 1. The number of nitriles is 2. The number of nitrogens with two attached hydrogens (primary N) is 1. The summed E-state index contributed by atoms with van der Waals surface area (Å²) >= 11 is 1.33. The van der Waals surface area contributed by atoms with Crippen molar-refractivity contribution >= 4 is 34.4 Å². The van der Waals surface area contributed by atoms with E-state index in [4.69, 9.17) is 5.73 Å². The number of carbonyl (C=O) groups is 1. The minimum absolute atomic E-state index is 0.0419. The lowest BCUT2D eigenvalue weighted by Crippen LogP contribution is -2.16. The van der Waals surface area contributed by atoms with Gasteiger partial charge in [0.05, 0.1) is 11.1 Å². The number of pyridine rings is 1. The minimum Gasteiger partial charge on any atom is -0.383 e. The van der Waals surface area contributed by atoms with Crippen LogP contribution in [0.2, 0.25) is 0 Å². The Hall–Kier alpha value is -4.07. The number of thioether (sulfide) groups is 1. The van der Waals surface area contributed by atoms with Crippen molar-refractivity contribution in [2.45, 2.75) is 37.1 Å². The summed E-state index contributed by atoms with van der Waals surface area (Å²) in [5.74, 6) is 0.575. The van der Waals surface area contributed by atoms with Crippen LogP contribution in [0.25, 0.3) is 22.0 Å². The van der Waals surface area contributed by atoms with Crippen LogP contribution in [0.3, 0.4) is 0 Å². The summed E-state index contributed by atoms with van der Waals surface area (Å²) in [6.45, 7) is 0. The monoisotopic (exact) mass is 477 g/mol. The van der Waals surface area contributed by atoms with E-state index in [9.17, 15) is 15.3 Å². The Morgan fingerprint density at radius 1 is 1.00 bits per heavy atom. The summed E-state index contributed by atoms with van der Waals surface area (Å²) in [6, 6.07) is 21.7. The van der Waals surface area contributed by atoms with E-state index in [1.807, 2.05) is 53.1 Å². The van der Waals surface area contributed by atoms with Gasteiger partial charge < -0.3 is 5.73 Å². The number of carbonyl (C=O) groups excluding carboxylic acids is 1. The van der Waals surface area contributed by atoms with Gasteiger partial charge in [-0.25, -0.2) is 4.98 Å². The molecule has 2 heterocycles. The molecule has 0 radical (unpaired) electrons. The van der Waals surface area contributed by atoms with Gasteiger partial charge >= 0.3 is 0 Å². The van der Waals surface area contributed by atoms with Crippen molar-refractivity contribution in [1.82, 2.24) is 9.55 Å². The third-order valence-corrected chi connectivity index (χ3v) is 7.44. The number of aryl methyl sites for hydroxylation is 1. The predicted molar refractivity (Wildman–Crippen MR) is 138 cm³/mol. The molecule has 0 atom stereocenters. The lowest BCUT2D eigenvalue weighted by molar-refractivity contribution is 0.0912. The zero-order chi connectivity index (χ0) is 24.4. The van der Waals surface area contributed by atoms with Gasteiger partial charge in [0, 0.05) is 28.8 Å². The topological polar surface area (TPSA) is 108 Å². The number of hydrogen-bond acceptors (Lipinski definition) is 6. The van der Waals surface area contributed by atoms with Crippen molar-refractivity contribution in [3.63, 3.8) is 0 Å². The molecule has 7 heteroatoms. The third kappa shape index (κ3) is 4.05. The molecule has 0 saturated heterocycles. The van der Waals surface area contributed by atoms with Crippen LogP contribution in [0.1, 0.15) is 46.4 Å². The number of benzene rings is 2. The molecule has 172 valence electrons. The van der Waals surface area contributed by atoms with E-state index in [0.717, 1.165) is 42.5 Å².